The monoisotopic (exact) mass is 384 g/mol. The number of hydrogen-bond donors (Lipinski definition) is 4. The molecular weight excluding hydrogens is 360 g/mol. The molecule has 0 radical (unpaired) electrons. The molecule has 9 nitrogen and oxygen atoms in total. The number of carboxylic acids is 1. The van der Waals surface area contributed by atoms with E-state index in [4.69, 9.17) is 10.8 Å². The summed E-state index contributed by atoms with van der Waals surface area (Å²) in [6.45, 7) is 1.68. The number of nitrogens with one attached hydrogen (secondary N) is 2. The molecule has 0 bridgehead atoms. The molecule has 1 fully saturated rings. The van der Waals surface area contributed by atoms with E-state index in [1.54, 1.807) is 30.6 Å². The summed E-state index contributed by atoms with van der Waals surface area (Å²) in [6.07, 6.45) is 5.37. The van der Waals surface area contributed by atoms with Crippen LogP contribution in [0.5, 0.6) is 0 Å². The summed E-state index contributed by atoms with van der Waals surface area (Å²) in [4.78, 5) is 33.4. The Kier molecular flexibility index (Phi) is 6.38. The first-order valence-electron chi connectivity index (χ1n) is 9.18. The lowest BCUT2D eigenvalue weighted by molar-refractivity contribution is -0.138. The van der Waals surface area contributed by atoms with Crippen LogP contribution in [0.3, 0.4) is 0 Å². The lowest BCUT2D eigenvalue weighted by Crippen LogP contribution is -2.42. The molecule has 2 heterocycles. The average Bonchev–Trinajstić information content (AvgIpc) is 2.73. The topological polar surface area (TPSA) is 133 Å². The van der Waals surface area contributed by atoms with Crippen LogP contribution < -0.4 is 21.3 Å². The molecule has 5 N–H and O–H groups in total. The Morgan fingerprint density at radius 3 is 2.43 bits per heavy atom. The van der Waals surface area contributed by atoms with Crippen LogP contribution in [-0.2, 0) is 4.79 Å². The molecule has 0 unspecified atom stereocenters. The molecule has 1 saturated heterocycles. The van der Waals surface area contributed by atoms with E-state index < -0.39 is 12.0 Å². The number of benzene rings is 1. The Hall–Kier alpha value is -3.20. The third kappa shape index (κ3) is 5.17. The number of carbonyl (C=O) groups is 2. The van der Waals surface area contributed by atoms with Crippen molar-refractivity contribution >= 4 is 23.5 Å². The predicted molar refractivity (Wildman–Crippen MR) is 105 cm³/mol. The molecule has 1 amide bonds. The Balaban J connectivity index is 1.49. The van der Waals surface area contributed by atoms with Crippen LogP contribution in [0.15, 0.2) is 42.7 Å². The van der Waals surface area contributed by atoms with Crippen LogP contribution in [0, 0.1) is 0 Å². The van der Waals surface area contributed by atoms with Gasteiger partial charge in [-0.2, -0.15) is 0 Å². The van der Waals surface area contributed by atoms with Gasteiger partial charge in [0, 0.05) is 49.3 Å². The molecular formula is C19H24N6O3. The number of aliphatic carboxylic acids is 1. The first kappa shape index (κ1) is 19.6. The van der Waals surface area contributed by atoms with Crippen molar-refractivity contribution in [2.75, 3.05) is 29.9 Å². The molecule has 0 saturated carbocycles. The maximum atomic E-state index is 12.1. The number of anilines is 2. The number of rotatable bonds is 7. The van der Waals surface area contributed by atoms with Gasteiger partial charge in [-0.3, -0.25) is 9.59 Å². The van der Waals surface area contributed by atoms with E-state index >= 15 is 0 Å². The van der Waals surface area contributed by atoms with E-state index in [1.165, 1.54) is 0 Å². The van der Waals surface area contributed by atoms with Gasteiger partial charge < -0.3 is 26.4 Å². The van der Waals surface area contributed by atoms with Gasteiger partial charge in [0.2, 0.25) is 5.95 Å². The molecule has 1 aromatic heterocycles. The number of amides is 1. The highest BCUT2D eigenvalue weighted by molar-refractivity contribution is 5.94. The minimum absolute atomic E-state index is 0.110. The number of nitrogens with two attached hydrogens (primary N) is 1. The van der Waals surface area contributed by atoms with E-state index in [2.05, 4.69) is 25.5 Å². The Morgan fingerprint density at radius 2 is 1.82 bits per heavy atom. The number of hydrogen-bond acceptors (Lipinski definition) is 7. The Morgan fingerprint density at radius 1 is 1.18 bits per heavy atom. The molecule has 0 aliphatic carbocycles. The smallest absolute Gasteiger partial charge is 0.322 e. The number of carboxylic acid groups (broad SMARTS) is 1. The Bertz CT molecular complexity index is 791. The quantitative estimate of drug-likeness (QED) is 0.548. The number of aromatic nitrogens is 2. The van der Waals surface area contributed by atoms with Crippen LogP contribution in [0.2, 0.25) is 0 Å². The van der Waals surface area contributed by atoms with E-state index in [-0.39, 0.29) is 12.5 Å². The first-order valence-corrected chi connectivity index (χ1v) is 9.18. The highest BCUT2D eigenvalue weighted by Gasteiger charge is 2.20. The number of carbonyl (C=O) groups excluding carboxylic acids is 1. The molecule has 1 atom stereocenters. The lowest BCUT2D eigenvalue weighted by atomic mass is 10.0. The highest BCUT2D eigenvalue weighted by atomic mass is 16.4. The fraction of sp³-hybridized carbons (Fsp3) is 0.368. The van der Waals surface area contributed by atoms with Gasteiger partial charge in [0.15, 0.2) is 0 Å². The highest BCUT2D eigenvalue weighted by Crippen LogP contribution is 2.21. The molecule has 28 heavy (non-hydrogen) atoms. The van der Waals surface area contributed by atoms with Gasteiger partial charge in [-0.1, -0.05) is 0 Å². The van der Waals surface area contributed by atoms with Gasteiger partial charge in [-0.25, -0.2) is 9.97 Å². The normalized spacial score (nSPS) is 15.7. The van der Waals surface area contributed by atoms with Gasteiger partial charge in [-0.05, 0) is 43.2 Å². The van der Waals surface area contributed by atoms with Gasteiger partial charge in [0.05, 0.1) is 0 Å². The minimum atomic E-state index is -1.15. The van der Waals surface area contributed by atoms with Crippen LogP contribution in [0.4, 0.5) is 11.6 Å². The van der Waals surface area contributed by atoms with E-state index in [0.717, 1.165) is 31.6 Å². The molecule has 9 heteroatoms. The third-order valence-electron chi connectivity index (χ3n) is 4.69. The Labute approximate surface area is 163 Å². The zero-order chi connectivity index (χ0) is 19.9. The average molecular weight is 384 g/mol. The first-order chi connectivity index (χ1) is 13.5. The standard InChI is InChI=1S/C19H24N6O3/c20-16(18(27)28)12-23-17(26)13-2-4-15(5-3-13)25-10-6-14(7-11-25)24-19-21-8-1-9-22-19/h1-5,8-9,14,16H,6-7,10-12,20H2,(H,23,26)(H,27,28)(H,21,22,24)/t16-/m0/s1. The van der Waals surface area contributed by atoms with Crippen LogP contribution in [0.25, 0.3) is 0 Å². The summed E-state index contributed by atoms with van der Waals surface area (Å²) < 4.78 is 0. The van der Waals surface area contributed by atoms with Gasteiger partial charge in [0.1, 0.15) is 6.04 Å². The maximum Gasteiger partial charge on any atom is 0.322 e. The second kappa shape index (κ2) is 9.14. The summed E-state index contributed by atoms with van der Waals surface area (Å²) >= 11 is 0. The van der Waals surface area contributed by atoms with E-state index in [0.29, 0.717) is 17.6 Å². The van der Waals surface area contributed by atoms with Crippen molar-refractivity contribution in [2.24, 2.45) is 5.73 Å². The lowest BCUT2D eigenvalue weighted by Gasteiger charge is -2.34. The van der Waals surface area contributed by atoms with E-state index in [1.807, 2.05) is 12.1 Å². The van der Waals surface area contributed by atoms with Gasteiger partial charge >= 0.3 is 5.97 Å². The maximum absolute atomic E-state index is 12.1. The summed E-state index contributed by atoms with van der Waals surface area (Å²) in [5.74, 6) is -0.833. The molecule has 3 rings (SSSR count). The summed E-state index contributed by atoms with van der Waals surface area (Å²) in [6, 6.07) is 8.29. The second-order valence-electron chi connectivity index (χ2n) is 6.68. The van der Waals surface area contributed by atoms with E-state index in [9.17, 15) is 9.59 Å². The SMILES string of the molecule is N[C@@H](CNC(=O)c1ccc(N2CCC(Nc3ncccn3)CC2)cc1)C(=O)O. The predicted octanol–water partition coefficient (Wildman–Crippen LogP) is 0.699. The number of piperidine rings is 1. The van der Waals surface area contributed by atoms with Crippen molar-refractivity contribution < 1.29 is 14.7 Å². The molecule has 148 valence electrons. The molecule has 1 aromatic carbocycles. The minimum Gasteiger partial charge on any atom is -0.480 e. The van der Waals surface area contributed by atoms with Gasteiger partial charge in [0.25, 0.3) is 5.91 Å². The third-order valence-corrected chi connectivity index (χ3v) is 4.69. The second-order valence-corrected chi connectivity index (χ2v) is 6.68. The zero-order valence-corrected chi connectivity index (χ0v) is 15.4. The fourth-order valence-corrected chi connectivity index (χ4v) is 3.05. The molecule has 1 aliphatic rings. The van der Waals surface area contributed by atoms with Crippen LogP contribution in [-0.4, -0.2) is 58.7 Å². The summed E-state index contributed by atoms with van der Waals surface area (Å²) in [5, 5.41) is 14.6. The van der Waals surface area contributed by atoms with Crippen molar-refractivity contribution in [1.29, 1.82) is 0 Å². The summed E-state index contributed by atoms with van der Waals surface area (Å²) in [7, 11) is 0. The molecule has 1 aliphatic heterocycles. The summed E-state index contributed by atoms with van der Waals surface area (Å²) in [5.41, 5.74) is 6.91. The van der Waals surface area contributed by atoms with Crippen molar-refractivity contribution in [3.05, 3.63) is 48.3 Å². The fourth-order valence-electron chi connectivity index (χ4n) is 3.05. The molecule has 2 aromatic rings. The van der Waals surface area contributed by atoms with Crippen molar-refractivity contribution in [3.8, 4) is 0 Å². The van der Waals surface area contributed by atoms with Crippen molar-refractivity contribution in [1.82, 2.24) is 15.3 Å². The van der Waals surface area contributed by atoms with Crippen LogP contribution in [0.1, 0.15) is 23.2 Å². The van der Waals surface area contributed by atoms with Crippen LogP contribution >= 0.6 is 0 Å². The van der Waals surface area contributed by atoms with Gasteiger partial charge in [-0.15, -0.1) is 0 Å². The van der Waals surface area contributed by atoms with Crippen molar-refractivity contribution in [2.45, 2.75) is 24.9 Å². The van der Waals surface area contributed by atoms with Crippen molar-refractivity contribution in [3.63, 3.8) is 0 Å². The molecule has 0 spiro atoms. The number of nitrogens with zero attached hydrogens (tertiary/aromatic N) is 3. The largest absolute Gasteiger partial charge is 0.480 e. The zero-order valence-electron chi connectivity index (χ0n) is 15.4.